The van der Waals surface area contributed by atoms with Gasteiger partial charge in [-0.15, -0.1) is 0 Å². The normalized spacial score (nSPS) is 22.6. The van der Waals surface area contributed by atoms with E-state index in [1.807, 2.05) is 42.5 Å². The molecule has 30 heavy (non-hydrogen) atoms. The second-order valence-corrected chi connectivity index (χ2v) is 11.7. The summed E-state index contributed by atoms with van der Waals surface area (Å²) in [6.45, 7) is 4.70. The van der Waals surface area contributed by atoms with Crippen molar-refractivity contribution in [3.8, 4) is 0 Å². The van der Waals surface area contributed by atoms with E-state index in [0.29, 0.717) is 0 Å². The van der Waals surface area contributed by atoms with Gasteiger partial charge in [-0.05, 0) is 55.8 Å². The second kappa shape index (κ2) is 7.39. The molecule has 3 aromatic carbocycles. The Kier molecular flexibility index (Phi) is 5.14. The van der Waals surface area contributed by atoms with E-state index in [2.05, 4.69) is 4.99 Å². The topological polar surface area (TPSA) is 72.5 Å². The molecule has 1 heterocycles. The quantitative estimate of drug-likeness (QED) is 0.611. The predicted molar refractivity (Wildman–Crippen MR) is 121 cm³/mol. The van der Waals surface area contributed by atoms with Crippen molar-refractivity contribution in [1.29, 1.82) is 0 Å². The fraction of sp³-hybridized carbons (Fsp3) is 0.261. The Bertz CT molecular complexity index is 1260. The smallest absolute Gasteiger partial charge is 0.171 e. The first kappa shape index (κ1) is 20.9. The Hall–Kier alpha value is -2.38. The average molecular weight is 443 g/mol. The van der Waals surface area contributed by atoms with Crippen LogP contribution in [0.25, 0.3) is 10.8 Å². The van der Waals surface area contributed by atoms with Gasteiger partial charge in [0.05, 0.1) is 6.04 Å². The first-order valence-electron chi connectivity index (χ1n) is 9.65. The maximum absolute atomic E-state index is 14.9. The lowest BCUT2D eigenvalue weighted by Gasteiger charge is -2.37. The van der Waals surface area contributed by atoms with Crippen LogP contribution in [-0.2, 0) is 9.84 Å². The predicted octanol–water partition coefficient (Wildman–Crippen LogP) is 5.12. The van der Waals surface area contributed by atoms with Crippen LogP contribution in [0.4, 0.5) is 4.39 Å². The summed E-state index contributed by atoms with van der Waals surface area (Å²) >= 11 is 1.48. The Morgan fingerprint density at radius 2 is 1.77 bits per heavy atom. The average Bonchev–Trinajstić information content (AvgIpc) is 2.69. The fourth-order valence-corrected chi connectivity index (χ4v) is 6.90. The number of halogens is 1. The number of nitrogens with two attached hydrogens (primary N) is 1. The van der Waals surface area contributed by atoms with E-state index in [9.17, 15) is 12.8 Å². The monoisotopic (exact) mass is 442 g/mol. The molecule has 156 valence electrons. The highest BCUT2D eigenvalue weighted by molar-refractivity contribution is 7.99. The van der Waals surface area contributed by atoms with E-state index >= 15 is 0 Å². The van der Waals surface area contributed by atoms with Gasteiger partial charge in [0, 0.05) is 15.4 Å². The minimum Gasteiger partial charge on any atom is -0.386 e. The van der Waals surface area contributed by atoms with Gasteiger partial charge in [0.1, 0.15) is 21.6 Å². The summed E-state index contributed by atoms with van der Waals surface area (Å²) in [5.74, 6) is -0.489. The third kappa shape index (κ3) is 3.30. The van der Waals surface area contributed by atoms with Crippen molar-refractivity contribution < 1.29 is 12.8 Å². The molecule has 0 bridgehead atoms. The standard InChI is InChI=1S/C23H23FN2O2S2/c1-14-21(30(27,28)23(2,3)22(25)26-14)18-13-16(11-12-19(18)24)29-20-10-6-8-15-7-4-5-9-17(15)20/h4-14,21H,1-3H3,(H2,25,26)/t14-,21?/m1/s1. The van der Waals surface area contributed by atoms with Crippen LogP contribution in [0, 0.1) is 5.82 Å². The molecule has 0 fully saturated rings. The summed E-state index contributed by atoms with van der Waals surface area (Å²) in [5, 5.41) is 1.11. The van der Waals surface area contributed by atoms with Crippen molar-refractivity contribution in [3.05, 3.63) is 72.0 Å². The minimum atomic E-state index is -3.81. The maximum Gasteiger partial charge on any atom is 0.171 e. The summed E-state index contributed by atoms with van der Waals surface area (Å²) in [5.41, 5.74) is 6.05. The molecule has 4 nitrogen and oxygen atoms in total. The molecule has 2 atom stereocenters. The number of aliphatic imine (C=N–C) groups is 1. The van der Waals surface area contributed by atoms with Gasteiger partial charge in [-0.25, -0.2) is 12.8 Å². The fourth-order valence-electron chi connectivity index (χ4n) is 3.81. The third-order valence-corrected chi connectivity index (χ3v) is 9.71. The first-order chi connectivity index (χ1) is 14.1. The van der Waals surface area contributed by atoms with Crippen LogP contribution in [0.2, 0.25) is 0 Å². The highest BCUT2D eigenvalue weighted by atomic mass is 32.2. The molecule has 1 unspecified atom stereocenters. The minimum absolute atomic E-state index is 0.0629. The first-order valence-corrected chi connectivity index (χ1v) is 12.0. The van der Waals surface area contributed by atoms with Crippen molar-refractivity contribution in [2.75, 3.05) is 0 Å². The van der Waals surface area contributed by atoms with Crippen molar-refractivity contribution in [3.63, 3.8) is 0 Å². The molecule has 0 spiro atoms. The number of sulfone groups is 1. The lowest BCUT2D eigenvalue weighted by atomic mass is 10.0. The second-order valence-electron chi connectivity index (χ2n) is 7.99. The SMILES string of the molecule is C[C@H]1N=C(N)C(C)(C)S(=O)(=O)C1c1cc(Sc2cccc3ccccc23)ccc1F. The van der Waals surface area contributed by atoms with E-state index in [0.717, 1.165) is 20.6 Å². The van der Waals surface area contributed by atoms with Crippen LogP contribution in [0.5, 0.6) is 0 Å². The number of hydrogen-bond acceptors (Lipinski definition) is 5. The van der Waals surface area contributed by atoms with Crippen molar-refractivity contribution >= 4 is 38.2 Å². The zero-order valence-corrected chi connectivity index (χ0v) is 18.6. The molecule has 7 heteroatoms. The number of amidine groups is 1. The number of hydrogen-bond donors (Lipinski definition) is 1. The molecular weight excluding hydrogens is 419 g/mol. The molecule has 3 aromatic rings. The molecule has 4 rings (SSSR count). The van der Waals surface area contributed by atoms with Gasteiger partial charge >= 0.3 is 0 Å². The van der Waals surface area contributed by atoms with Crippen molar-refractivity contribution in [1.82, 2.24) is 0 Å². The van der Waals surface area contributed by atoms with Gasteiger partial charge in [-0.2, -0.15) is 0 Å². The molecule has 2 N–H and O–H groups in total. The molecular formula is C23H23FN2O2S2. The van der Waals surface area contributed by atoms with Gasteiger partial charge in [0.25, 0.3) is 0 Å². The van der Waals surface area contributed by atoms with Crippen LogP contribution < -0.4 is 5.73 Å². The van der Waals surface area contributed by atoms with Gasteiger partial charge < -0.3 is 5.73 Å². The molecule has 0 saturated heterocycles. The summed E-state index contributed by atoms with van der Waals surface area (Å²) in [7, 11) is -3.81. The zero-order chi connectivity index (χ0) is 21.7. The van der Waals surface area contributed by atoms with Crippen LogP contribution >= 0.6 is 11.8 Å². The van der Waals surface area contributed by atoms with Gasteiger partial charge in [-0.3, -0.25) is 4.99 Å². The number of nitrogens with zero attached hydrogens (tertiary/aromatic N) is 1. The molecule has 0 aliphatic carbocycles. The molecule has 0 aromatic heterocycles. The molecule has 0 radical (unpaired) electrons. The van der Waals surface area contributed by atoms with E-state index in [1.165, 1.54) is 31.7 Å². The van der Waals surface area contributed by atoms with Gasteiger partial charge in [0.2, 0.25) is 0 Å². The van der Waals surface area contributed by atoms with E-state index in [1.54, 1.807) is 19.1 Å². The van der Waals surface area contributed by atoms with Crippen molar-refractivity contribution in [2.45, 2.75) is 46.6 Å². The lowest BCUT2D eigenvalue weighted by molar-refractivity contribution is 0.520. The lowest BCUT2D eigenvalue weighted by Crippen LogP contribution is -2.53. The summed E-state index contributed by atoms with van der Waals surface area (Å²) in [6.07, 6.45) is 0. The molecule has 1 aliphatic heterocycles. The van der Waals surface area contributed by atoms with Crippen LogP contribution in [0.1, 0.15) is 31.6 Å². The number of fused-ring (bicyclic) bond motifs is 1. The summed E-state index contributed by atoms with van der Waals surface area (Å²) in [4.78, 5) is 6.12. The van der Waals surface area contributed by atoms with Crippen LogP contribution in [-0.4, -0.2) is 25.0 Å². The molecule has 1 aliphatic rings. The Labute approximate surface area is 180 Å². The summed E-state index contributed by atoms with van der Waals surface area (Å²) in [6, 6.07) is 18.0. The van der Waals surface area contributed by atoms with Crippen LogP contribution in [0.3, 0.4) is 0 Å². The van der Waals surface area contributed by atoms with Crippen LogP contribution in [0.15, 0.2) is 75.4 Å². The zero-order valence-electron chi connectivity index (χ0n) is 17.0. The Balaban J connectivity index is 1.79. The van der Waals surface area contributed by atoms with Gasteiger partial charge in [0.15, 0.2) is 9.84 Å². The Morgan fingerprint density at radius 1 is 1.07 bits per heavy atom. The number of rotatable bonds is 3. The highest BCUT2D eigenvalue weighted by Crippen LogP contribution is 2.42. The third-order valence-electron chi connectivity index (χ3n) is 5.69. The maximum atomic E-state index is 14.9. The van der Waals surface area contributed by atoms with E-state index in [-0.39, 0.29) is 11.4 Å². The van der Waals surface area contributed by atoms with E-state index < -0.39 is 31.7 Å². The van der Waals surface area contributed by atoms with Gasteiger partial charge in [-0.1, -0.05) is 48.2 Å². The largest absolute Gasteiger partial charge is 0.386 e. The highest BCUT2D eigenvalue weighted by Gasteiger charge is 2.50. The van der Waals surface area contributed by atoms with E-state index in [4.69, 9.17) is 5.73 Å². The molecule has 0 amide bonds. The summed E-state index contributed by atoms with van der Waals surface area (Å²) < 4.78 is 40.1. The number of benzene rings is 3. The molecule has 0 saturated carbocycles. The van der Waals surface area contributed by atoms with Crippen molar-refractivity contribution in [2.24, 2.45) is 10.7 Å². The Morgan fingerprint density at radius 3 is 2.53 bits per heavy atom.